The molecule has 0 N–H and O–H groups in total. The van der Waals surface area contributed by atoms with Crippen molar-refractivity contribution in [3.63, 3.8) is 0 Å². The van der Waals surface area contributed by atoms with Gasteiger partial charge in [-0.3, -0.25) is 0 Å². The van der Waals surface area contributed by atoms with Crippen LogP contribution in [0.4, 0.5) is 39.5 Å². The summed E-state index contributed by atoms with van der Waals surface area (Å²) in [6, 6.07) is 11.5. The van der Waals surface area contributed by atoms with Crippen LogP contribution < -0.4 is 4.74 Å². The summed E-state index contributed by atoms with van der Waals surface area (Å²) >= 11 is 0. The van der Waals surface area contributed by atoms with E-state index in [1.807, 2.05) is 0 Å². The molecule has 1 aliphatic rings. The van der Waals surface area contributed by atoms with Crippen LogP contribution in [0, 0.1) is 17.6 Å². The molecule has 1 heterocycles. The van der Waals surface area contributed by atoms with Crippen molar-refractivity contribution in [3.05, 3.63) is 89.0 Å². The van der Waals surface area contributed by atoms with Crippen molar-refractivity contribution >= 4 is 0 Å². The molecule has 0 amide bonds. The lowest BCUT2D eigenvalue weighted by Gasteiger charge is -2.29. The van der Waals surface area contributed by atoms with E-state index in [9.17, 15) is 39.5 Å². The number of alkyl halides is 7. The molecular weight excluding hydrogens is 571 g/mol. The van der Waals surface area contributed by atoms with E-state index in [4.69, 9.17) is 9.47 Å². The maximum atomic E-state index is 14.7. The lowest BCUT2D eigenvalue weighted by Crippen LogP contribution is -2.30. The van der Waals surface area contributed by atoms with Crippen LogP contribution in [0.15, 0.2) is 60.7 Å². The Bertz CT molecular complexity index is 1290. The second-order valence-corrected chi connectivity index (χ2v) is 9.30. The molecular formula is C28H23F9O4. The molecule has 0 saturated carbocycles. The van der Waals surface area contributed by atoms with Gasteiger partial charge < -0.3 is 14.2 Å². The first kappa shape index (κ1) is 30.7. The standard InChI is InChI=1S/C28H23F9O4/c1-2-3-16-14-38-25(39-15-16)19-6-4-17(5-7-19)18-8-10-20(11-9-18)26(31,32)40-21-12-22(29)24(23(30)13-21)27(33,34)41-28(35,36)37/h4-13,16,25H,2-3,14-15H2,1H3. The third-order valence-electron chi connectivity index (χ3n) is 6.20. The van der Waals surface area contributed by atoms with Crippen molar-refractivity contribution in [2.24, 2.45) is 5.92 Å². The smallest absolute Gasteiger partial charge is 0.429 e. The maximum Gasteiger partial charge on any atom is 0.527 e. The Morgan fingerprint density at radius 2 is 1.27 bits per heavy atom. The zero-order valence-corrected chi connectivity index (χ0v) is 21.3. The Kier molecular flexibility index (Phi) is 8.90. The molecule has 0 aromatic heterocycles. The Morgan fingerprint density at radius 1 is 0.756 bits per heavy atom. The number of benzene rings is 3. The molecule has 1 fully saturated rings. The van der Waals surface area contributed by atoms with E-state index in [1.54, 1.807) is 24.3 Å². The molecule has 0 spiro atoms. The van der Waals surface area contributed by atoms with Crippen LogP contribution in [0.25, 0.3) is 11.1 Å². The highest BCUT2D eigenvalue weighted by molar-refractivity contribution is 5.64. The molecule has 0 bridgehead atoms. The van der Waals surface area contributed by atoms with Gasteiger partial charge >= 0.3 is 18.6 Å². The molecule has 41 heavy (non-hydrogen) atoms. The molecule has 1 saturated heterocycles. The second-order valence-electron chi connectivity index (χ2n) is 9.30. The van der Waals surface area contributed by atoms with Crippen molar-refractivity contribution in [3.8, 4) is 16.9 Å². The van der Waals surface area contributed by atoms with Gasteiger partial charge in [0, 0.05) is 23.6 Å². The lowest BCUT2D eigenvalue weighted by atomic mass is 10.0. The molecule has 0 radical (unpaired) electrons. The first-order valence-electron chi connectivity index (χ1n) is 12.3. The van der Waals surface area contributed by atoms with Gasteiger partial charge in [0.05, 0.1) is 18.8 Å². The molecule has 13 heteroatoms. The van der Waals surface area contributed by atoms with E-state index in [-0.39, 0.29) is 12.1 Å². The molecule has 3 aromatic carbocycles. The number of rotatable bonds is 9. The Balaban J connectivity index is 1.44. The van der Waals surface area contributed by atoms with E-state index < -0.39 is 53.4 Å². The van der Waals surface area contributed by atoms with Crippen LogP contribution in [0.3, 0.4) is 0 Å². The highest BCUT2D eigenvalue weighted by atomic mass is 19.4. The summed E-state index contributed by atoms with van der Waals surface area (Å²) in [6.45, 7) is 3.25. The number of hydrogen-bond donors (Lipinski definition) is 0. The highest BCUT2D eigenvalue weighted by Crippen LogP contribution is 2.41. The van der Waals surface area contributed by atoms with Crippen molar-refractivity contribution in [2.75, 3.05) is 13.2 Å². The summed E-state index contributed by atoms with van der Waals surface area (Å²) in [4.78, 5) is 0. The van der Waals surface area contributed by atoms with Crippen molar-refractivity contribution in [1.82, 2.24) is 0 Å². The summed E-state index contributed by atoms with van der Waals surface area (Å²) in [6.07, 6.45) is -14.1. The molecule has 0 unspecified atom stereocenters. The van der Waals surface area contributed by atoms with Crippen LogP contribution >= 0.6 is 0 Å². The lowest BCUT2D eigenvalue weighted by molar-refractivity contribution is -0.432. The third-order valence-corrected chi connectivity index (χ3v) is 6.20. The van der Waals surface area contributed by atoms with Crippen LogP contribution in [-0.2, 0) is 26.4 Å². The molecule has 0 atom stereocenters. The fourth-order valence-corrected chi connectivity index (χ4v) is 4.29. The zero-order valence-electron chi connectivity index (χ0n) is 21.3. The highest BCUT2D eigenvalue weighted by Gasteiger charge is 2.50. The fourth-order valence-electron chi connectivity index (χ4n) is 4.29. The average molecular weight is 594 g/mol. The maximum absolute atomic E-state index is 14.7. The summed E-state index contributed by atoms with van der Waals surface area (Å²) in [5.41, 5.74) is -1.17. The Morgan fingerprint density at radius 3 is 1.76 bits per heavy atom. The molecule has 222 valence electrons. The van der Waals surface area contributed by atoms with Gasteiger partial charge in [0.1, 0.15) is 22.9 Å². The molecule has 3 aromatic rings. The van der Waals surface area contributed by atoms with Gasteiger partial charge in [0.25, 0.3) is 0 Å². The van der Waals surface area contributed by atoms with E-state index >= 15 is 0 Å². The minimum absolute atomic E-state index is 0.0976. The van der Waals surface area contributed by atoms with E-state index in [2.05, 4.69) is 16.4 Å². The first-order chi connectivity index (χ1) is 19.2. The van der Waals surface area contributed by atoms with Crippen molar-refractivity contribution < 1.29 is 58.5 Å². The van der Waals surface area contributed by atoms with E-state index in [0.29, 0.717) is 30.3 Å². The van der Waals surface area contributed by atoms with Gasteiger partial charge in [-0.2, -0.15) is 17.6 Å². The number of ether oxygens (including phenoxy) is 4. The van der Waals surface area contributed by atoms with Crippen molar-refractivity contribution in [2.45, 2.75) is 44.6 Å². The normalized spacial score (nSPS) is 18.4. The summed E-state index contributed by atoms with van der Waals surface area (Å²) in [5.74, 6) is -5.47. The predicted octanol–water partition coefficient (Wildman–Crippen LogP) is 8.81. The van der Waals surface area contributed by atoms with Gasteiger partial charge in [-0.15, -0.1) is 13.2 Å². The van der Waals surface area contributed by atoms with Crippen molar-refractivity contribution in [1.29, 1.82) is 0 Å². The van der Waals surface area contributed by atoms with Crippen LogP contribution in [0.1, 0.15) is 42.7 Å². The molecule has 1 aliphatic heterocycles. The van der Waals surface area contributed by atoms with Gasteiger partial charge in [0.15, 0.2) is 6.29 Å². The van der Waals surface area contributed by atoms with Gasteiger partial charge in [0.2, 0.25) is 0 Å². The quantitative estimate of drug-likeness (QED) is 0.232. The number of halogens is 9. The predicted molar refractivity (Wildman–Crippen MR) is 127 cm³/mol. The largest absolute Gasteiger partial charge is 0.527 e. The molecule has 4 rings (SSSR count). The second kappa shape index (κ2) is 11.9. The first-order valence-corrected chi connectivity index (χ1v) is 12.3. The van der Waals surface area contributed by atoms with Crippen LogP contribution in [-0.4, -0.2) is 19.6 Å². The van der Waals surface area contributed by atoms with Crippen LogP contribution in [0.5, 0.6) is 5.75 Å². The van der Waals surface area contributed by atoms with Crippen LogP contribution in [0.2, 0.25) is 0 Å². The minimum atomic E-state index is -5.94. The van der Waals surface area contributed by atoms with Gasteiger partial charge in [-0.1, -0.05) is 49.7 Å². The monoisotopic (exact) mass is 594 g/mol. The fraction of sp³-hybridized carbons (Fsp3) is 0.357. The minimum Gasteiger partial charge on any atom is -0.429 e. The molecule has 4 nitrogen and oxygen atoms in total. The zero-order chi connectivity index (χ0) is 30.0. The Labute approximate surface area is 228 Å². The topological polar surface area (TPSA) is 36.9 Å². The van der Waals surface area contributed by atoms with Gasteiger partial charge in [-0.25, -0.2) is 13.5 Å². The van der Waals surface area contributed by atoms with E-state index in [0.717, 1.165) is 30.5 Å². The summed E-state index contributed by atoms with van der Waals surface area (Å²) in [5, 5.41) is 0. The summed E-state index contributed by atoms with van der Waals surface area (Å²) < 4.78 is 140. The van der Waals surface area contributed by atoms with E-state index in [1.165, 1.54) is 12.1 Å². The Hall–Kier alpha value is -3.29. The average Bonchev–Trinajstić information content (AvgIpc) is 2.87. The molecule has 0 aliphatic carbocycles. The number of hydrogen-bond acceptors (Lipinski definition) is 4. The third kappa shape index (κ3) is 7.52. The van der Waals surface area contributed by atoms with Gasteiger partial charge in [-0.05, 0) is 29.7 Å². The summed E-state index contributed by atoms with van der Waals surface area (Å²) in [7, 11) is 0. The SMILES string of the molecule is CCCC1COC(c2ccc(-c3ccc(C(F)(F)Oc4cc(F)c(C(F)(F)OC(F)(F)F)c(F)c4)cc3)cc2)OC1.